The van der Waals surface area contributed by atoms with Crippen LogP contribution in [0.3, 0.4) is 0 Å². The minimum Gasteiger partial charge on any atom is -0.463 e. The number of esters is 1. The lowest BCUT2D eigenvalue weighted by Gasteiger charge is -2.33. The van der Waals surface area contributed by atoms with E-state index in [9.17, 15) is 4.79 Å². The van der Waals surface area contributed by atoms with Crippen LogP contribution in [0.2, 0.25) is 0 Å². The number of carbonyl (C=O) groups is 1. The zero-order valence-electron chi connectivity index (χ0n) is 17.8. The van der Waals surface area contributed by atoms with Gasteiger partial charge in [0.25, 0.3) is 0 Å². The van der Waals surface area contributed by atoms with Crippen molar-refractivity contribution >= 4 is 11.7 Å². The average Bonchev–Trinajstić information content (AvgIpc) is 2.78. The zero-order chi connectivity index (χ0) is 21.5. The van der Waals surface area contributed by atoms with Crippen molar-refractivity contribution in [1.29, 1.82) is 0 Å². The summed E-state index contributed by atoms with van der Waals surface area (Å²) in [7, 11) is 0. The van der Waals surface area contributed by atoms with E-state index >= 15 is 0 Å². The van der Waals surface area contributed by atoms with Gasteiger partial charge in [0, 0.05) is 17.6 Å². The number of para-hydroxylation sites is 1. The van der Waals surface area contributed by atoms with E-state index in [2.05, 4.69) is 43.1 Å². The number of ether oxygens (including phenoxy) is 1. The first-order valence-corrected chi connectivity index (χ1v) is 10.1. The maximum atomic E-state index is 12.4. The minimum atomic E-state index is -0.326. The molecule has 0 aliphatic carbocycles. The molecule has 1 aliphatic rings. The second-order valence-corrected chi connectivity index (χ2v) is 7.15. The van der Waals surface area contributed by atoms with Crippen LogP contribution in [0.1, 0.15) is 31.0 Å². The lowest BCUT2D eigenvalue weighted by Crippen LogP contribution is -2.27. The van der Waals surface area contributed by atoms with Crippen LogP contribution >= 0.6 is 0 Å². The van der Waals surface area contributed by atoms with E-state index in [0.717, 1.165) is 22.6 Å². The zero-order valence-corrected chi connectivity index (χ0v) is 17.8. The fourth-order valence-electron chi connectivity index (χ4n) is 3.30. The maximum Gasteiger partial charge on any atom is 0.335 e. The monoisotopic (exact) mass is 400 g/mol. The molecule has 0 aromatic heterocycles. The van der Waals surface area contributed by atoms with Gasteiger partial charge >= 0.3 is 5.97 Å². The third kappa shape index (κ3) is 4.90. The second kappa shape index (κ2) is 9.79. The van der Waals surface area contributed by atoms with Gasteiger partial charge in [-0.2, -0.15) is 0 Å². The molecule has 1 N–H and O–H groups in total. The third-order valence-electron chi connectivity index (χ3n) is 4.96. The number of hydrogen-bond acceptors (Lipinski definition) is 4. The Morgan fingerprint density at radius 1 is 1.10 bits per heavy atom. The molecule has 4 nitrogen and oxygen atoms in total. The quantitative estimate of drug-likeness (QED) is 0.465. The molecular weight excluding hydrogens is 372 g/mol. The fourth-order valence-corrected chi connectivity index (χ4v) is 3.30. The van der Waals surface area contributed by atoms with Crippen LogP contribution in [0.25, 0.3) is 0 Å². The van der Waals surface area contributed by atoms with Crippen LogP contribution in [0.4, 0.5) is 5.69 Å². The minimum absolute atomic E-state index is 0.186. The Morgan fingerprint density at radius 2 is 1.80 bits per heavy atom. The normalized spacial score (nSPS) is 15.5. The van der Waals surface area contributed by atoms with Gasteiger partial charge in [0.1, 0.15) is 0 Å². The first-order valence-electron chi connectivity index (χ1n) is 10.1. The Labute approximate surface area is 178 Å². The summed E-state index contributed by atoms with van der Waals surface area (Å²) in [4.78, 5) is 14.3. The summed E-state index contributed by atoms with van der Waals surface area (Å²) in [6.07, 6.45) is 7.68. The molecule has 30 heavy (non-hydrogen) atoms. The van der Waals surface area contributed by atoms with Crippen molar-refractivity contribution in [1.82, 2.24) is 4.90 Å². The van der Waals surface area contributed by atoms with Crippen LogP contribution in [-0.2, 0) is 9.53 Å². The van der Waals surface area contributed by atoms with E-state index in [1.54, 1.807) is 13.8 Å². The Morgan fingerprint density at radius 3 is 2.47 bits per heavy atom. The van der Waals surface area contributed by atoms with E-state index in [4.69, 9.17) is 4.74 Å². The van der Waals surface area contributed by atoms with Crippen molar-refractivity contribution in [3.05, 3.63) is 114 Å². The number of nitrogens with zero attached hydrogens (tertiary/aromatic N) is 1. The van der Waals surface area contributed by atoms with Crippen molar-refractivity contribution in [2.24, 2.45) is 0 Å². The van der Waals surface area contributed by atoms with Crippen LogP contribution in [0.5, 0.6) is 0 Å². The number of benzene rings is 2. The molecule has 0 radical (unpaired) electrons. The third-order valence-corrected chi connectivity index (χ3v) is 4.96. The number of anilines is 1. The first kappa shape index (κ1) is 21.2. The molecule has 0 amide bonds. The van der Waals surface area contributed by atoms with Crippen molar-refractivity contribution in [3.63, 3.8) is 0 Å². The lowest BCUT2D eigenvalue weighted by molar-refractivity contribution is -0.138. The van der Waals surface area contributed by atoms with Gasteiger partial charge in [0.2, 0.25) is 0 Å². The molecule has 0 unspecified atom stereocenters. The molecule has 0 spiro atoms. The molecule has 1 aliphatic heterocycles. The van der Waals surface area contributed by atoms with Crippen LogP contribution < -0.4 is 5.32 Å². The first-order chi connectivity index (χ1) is 14.5. The number of carbonyl (C=O) groups excluding carboxylic acids is 1. The number of hydrogen-bond donors (Lipinski definition) is 1. The standard InChI is InChI=1S/C26H28N2O2/c1-5-30-26(29)20(3)24-13-9-10-18-28(24)21(4)25(22-16-14-19(2)15-17-22)27-23-11-7-6-8-12-23/h6-18,25,27H,4-5H2,1-3H3/b24-20+/t25-/m1/s1. The molecular formula is C26H28N2O2. The van der Waals surface area contributed by atoms with Gasteiger partial charge in [-0.05, 0) is 50.6 Å². The van der Waals surface area contributed by atoms with Gasteiger partial charge in [-0.1, -0.05) is 60.7 Å². The molecule has 154 valence electrons. The largest absolute Gasteiger partial charge is 0.463 e. The summed E-state index contributed by atoms with van der Waals surface area (Å²) in [6.45, 7) is 10.4. The van der Waals surface area contributed by atoms with Crippen LogP contribution in [0, 0.1) is 6.92 Å². The second-order valence-electron chi connectivity index (χ2n) is 7.15. The van der Waals surface area contributed by atoms with Gasteiger partial charge in [-0.25, -0.2) is 4.79 Å². The summed E-state index contributed by atoms with van der Waals surface area (Å²) in [6, 6.07) is 18.2. The fraction of sp³-hybridized carbons (Fsp3) is 0.192. The van der Waals surface area contributed by atoms with Gasteiger partial charge in [0.05, 0.1) is 23.9 Å². The molecule has 2 aromatic carbocycles. The molecule has 1 atom stereocenters. The van der Waals surface area contributed by atoms with Crippen molar-refractivity contribution in [3.8, 4) is 0 Å². The number of nitrogens with one attached hydrogen (secondary N) is 1. The van der Waals surface area contributed by atoms with Crippen molar-refractivity contribution in [2.45, 2.75) is 26.8 Å². The lowest BCUT2D eigenvalue weighted by atomic mass is 10.00. The Bertz CT molecular complexity index is 985. The molecule has 0 saturated heterocycles. The van der Waals surface area contributed by atoms with E-state index < -0.39 is 0 Å². The summed E-state index contributed by atoms with van der Waals surface area (Å²) in [5.41, 5.74) is 5.39. The Balaban J connectivity index is 1.99. The highest BCUT2D eigenvalue weighted by atomic mass is 16.5. The summed E-state index contributed by atoms with van der Waals surface area (Å²) in [5.74, 6) is -0.326. The van der Waals surface area contributed by atoms with Crippen molar-refractivity contribution < 1.29 is 9.53 Å². The van der Waals surface area contributed by atoms with E-state index in [0.29, 0.717) is 12.2 Å². The Hall–Kier alpha value is -3.53. The molecule has 1 heterocycles. The number of aryl methyl sites for hydroxylation is 1. The number of rotatable bonds is 7. The summed E-state index contributed by atoms with van der Waals surface area (Å²) < 4.78 is 5.21. The topological polar surface area (TPSA) is 41.6 Å². The van der Waals surface area contributed by atoms with E-state index in [-0.39, 0.29) is 12.0 Å². The Kier molecular flexibility index (Phi) is 6.91. The SMILES string of the molecule is C=C([C@@H](Nc1ccccc1)c1ccc(C)cc1)N1C=CC=C/C1=C(/C)C(=O)OCC. The van der Waals surface area contributed by atoms with Crippen LogP contribution in [0.15, 0.2) is 103 Å². The summed E-state index contributed by atoms with van der Waals surface area (Å²) in [5, 5.41) is 3.59. The van der Waals surface area contributed by atoms with E-state index in [1.165, 1.54) is 5.56 Å². The summed E-state index contributed by atoms with van der Waals surface area (Å²) >= 11 is 0. The highest BCUT2D eigenvalue weighted by Gasteiger charge is 2.24. The van der Waals surface area contributed by atoms with Gasteiger partial charge in [0.15, 0.2) is 0 Å². The molecule has 4 heteroatoms. The molecule has 0 bridgehead atoms. The molecule has 2 aromatic rings. The highest BCUT2D eigenvalue weighted by Crippen LogP contribution is 2.33. The van der Waals surface area contributed by atoms with Crippen molar-refractivity contribution in [2.75, 3.05) is 11.9 Å². The van der Waals surface area contributed by atoms with Gasteiger partial charge < -0.3 is 15.0 Å². The van der Waals surface area contributed by atoms with E-state index in [1.807, 2.05) is 59.7 Å². The van der Waals surface area contributed by atoms with Gasteiger partial charge in [-0.15, -0.1) is 0 Å². The maximum absolute atomic E-state index is 12.4. The predicted molar refractivity (Wildman–Crippen MR) is 123 cm³/mol. The molecule has 3 rings (SSSR count). The van der Waals surface area contributed by atoms with Crippen LogP contribution in [-0.4, -0.2) is 17.5 Å². The highest BCUT2D eigenvalue weighted by molar-refractivity contribution is 5.89. The molecule has 0 saturated carbocycles. The van der Waals surface area contributed by atoms with Gasteiger partial charge in [-0.3, -0.25) is 0 Å². The predicted octanol–water partition coefficient (Wildman–Crippen LogP) is 5.88. The smallest absolute Gasteiger partial charge is 0.335 e. The molecule has 0 fully saturated rings. The average molecular weight is 401 g/mol. The number of allylic oxidation sites excluding steroid dienone is 3.